The molecule has 1 saturated carbocycles. The molecule has 2 unspecified atom stereocenters. The topological polar surface area (TPSA) is 66.4 Å². The zero-order valence-corrected chi connectivity index (χ0v) is 13.2. The number of aliphatic hydroxyl groups excluding tert-OH is 1. The number of rotatable bonds is 4. The minimum atomic E-state index is -3.87. The van der Waals surface area contributed by atoms with Crippen LogP contribution in [0.25, 0.3) is 0 Å². The largest absolute Gasteiger partial charge is 0.392 e. The lowest BCUT2D eigenvalue weighted by atomic mass is 9.81. The van der Waals surface area contributed by atoms with Gasteiger partial charge in [0.1, 0.15) is 10.7 Å². The molecule has 2 rings (SSSR count). The van der Waals surface area contributed by atoms with Crippen molar-refractivity contribution in [1.82, 2.24) is 4.72 Å². The highest BCUT2D eigenvalue weighted by Gasteiger charge is 2.29. The van der Waals surface area contributed by atoms with Crippen LogP contribution in [0.4, 0.5) is 4.39 Å². The van der Waals surface area contributed by atoms with E-state index in [1.165, 1.54) is 12.1 Å². The highest BCUT2D eigenvalue weighted by atomic mass is 32.2. The first-order chi connectivity index (χ1) is 9.81. The Morgan fingerprint density at radius 3 is 2.38 bits per heavy atom. The molecule has 118 valence electrons. The SMILES string of the molecule is CC1CC(C)CC(NS(=O)(=O)c2ccc(CO)cc2F)C1. The summed E-state index contributed by atoms with van der Waals surface area (Å²) in [5.41, 5.74) is 0.353. The molecule has 1 aromatic carbocycles. The van der Waals surface area contributed by atoms with Crippen LogP contribution in [-0.2, 0) is 16.6 Å². The van der Waals surface area contributed by atoms with Gasteiger partial charge >= 0.3 is 0 Å². The Balaban J connectivity index is 2.18. The first-order valence-electron chi connectivity index (χ1n) is 7.23. The zero-order chi connectivity index (χ0) is 15.6. The van der Waals surface area contributed by atoms with Crippen molar-refractivity contribution >= 4 is 10.0 Å². The molecule has 0 heterocycles. The highest BCUT2D eigenvalue weighted by Crippen LogP contribution is 2.29. The van der Waals surface area contributed by atoms with Crippen LogP contribution in [-0.4, -0.2) is 19.6 Å². The van der Waals surface area contributed by atoms with Crippen molar-refractivity contribution in [2.45, 2.75) is 50.7 Å². The lowest BCUT2D eigenvalue weighted by molar-refractivity contribution is 0.257. The Kier molecular flexibility index (Phi) is 5.01. The first kappa shape index (κ1) is 16.4. The summed E-state index contributed by atoms with van der Waals surface area (Å²) >= 11 is 0. The molecule has 0 aliphatic heterocycles. The minimum Gasteiger partial charge on any atom is -0.392 e. The van der Waals surface area contributed by atoms with Gasteiger partial charge in [-0.05, 0) is 48.8 Å². The second-order valence-electron chi connectivity index (χ2n) is 6.16. The molecule has 0 spiro atoms. The number of nitrogens with one attached hydrogen (secondary N) is 1. The Morgan fingerprint density at radius 2 is 1.86 bits per heavy atom. The maximum atomic E-state index is 13.9. The Hall–Kier alpha value is -0.980. The second-order valence-corrected chi connectivity index (χ2v) is 7.84. The van der Waals surface area contributed by atoms with Crippen LogP contribution >= 0.6 is 0 Å². The van der Waals surface area contributed by atoms with Gasteiger partial charge in [-0.2, -0.15) is 0 Å². The van der Waals surface area contributed by atoms with Gasteiger partial charge in [-0.3, -0.25) is 0 Å². The maximum Gasteiger partial charge on any atom is 0.243 e. The van der Waals surface area contributed by atoms with Gasteiger partial charge in [-0.15, -0.1) is 0 Å². The van der Waals surface area contributed by atoms with Crippen LogP contribution in [0.3, 0.4) is 0 Å². The minimum absolute atomic E-state index is 0.148. The molecule has 0 radical (unpaired) electrons. The molecule has 2 atom stereocenters. The Labute approximate surface area is 125 Å². The maximum absolute atomic E-state index is 13.9. The van der Waals surface area contributed by atoms with E-state index in [-0.39, 0.29) is 17.5 Å². The summed E-state index contributed by atoms with van der Waals surface area (Å²) < 4.78 is 41.2. The van der Waals surface area contributed by atoms with Gasteiger partial charge < -0.3 is 5.11 Å². The van der Waals surface area contributed by atoms with Crippen molar-refractivity contribution in [3.8, 4) is 0 Å². The number of aliphatic hydroxyl groups is 1. The molecule has 21 heavy (non-hydrogen) atoms. The van der Waals surface area contributed by atoms with Gasteiger partial charge in [0.05, 0.1) is 6.61 Å². The van der Waals surface area contributed by atoms with Crippen LogP contribution in [0, 0.1) is 17.7 Å². The van der Waals surface area contributed by atoms with Crippen LogP contribution in [0.15, 0.2) is 23.1 Å². The normalized spacial score (nSPS) is 26.8. The average molecular weight is 315 g/mol. The molecule has 0 aromatic heterocycles. The van der Waals surface area contributed by atoms with Crippen molar-refractivity contribution < 1.29 is 17.9 Å². The lowest BCUT2D eigenvalue weighted by Crippen LogP contribution is -2.40. The number of hydrogen-bond acceptors (Lipinski definition) is 3. The van der Waals surface area contributed by atoms with E-state index < -0.39 is 15.8 Å². The average Bonchev–Trinajstić information content (AvgIpc) is 2.36. The van der Waals surface area contributed by atoms with E-state index in [4.69, 9.17) is 5.11 Å². The smallest absolute Gasteiger partial charge is 0.243 e. The molecule has 6 heteroatoms. The molecular formula is C15H22FNO3S. The van der Waals surface area contributed by atoms with E-state index in [0.29, 0.717) is 17.4 Å². The van der Waals surface area contributed by atoms with E-state index >= 15 is 0 Å². The summed E-state index contributed by atoms with van der Waals surface area (Å²) in [6.45, 7) is 3.89. The second kappa shape index (κ2) is 6.42. The number of hydrogen-bond donors (Lipinski definition) is 2. The molecule has 1 aliphatic rings. The van der Waals surface area contributed by atoms with E-state index in [1.54, 1.807) is 0 Å². The third kappa shape index (κ3) is 4.02. The van der Waals surface area contributed by atoms with E-state index in [2.05, 4.69) is 18.6 Å². The summed E-state index contributed by atoms with van der Waals surface area (Å²) in [6.07, 6.45) is 2.65. The molecule has 4 nitrogen and oxygen atoms in total. The summed E-state index contributed by atoms with van der Waals surface area (Å²) in [5.74, 6) is 0.0945. The Morgan fingerprint density at radius 1 is 1.24 bits per heavy atom. The zero-order valence-electron chi connectivity index (χ0n) is 12.3. The summed E-state index contributed by atoms with van der Waals surface area (Å²) in [6, 6.07) is 3.54. The van der Waals surface area contributed by atoms with Crippen molar-refractivity contribution in [3.05, 3.63) is 29.6 Å². The molecule has 0 saturated heterocycles. The quantitative estimate of drug-likeness (QED) is 0.897. The lowest BCUT2D eigenvalue weighted by Gasteiger charge is -2.31. The molecule has 2 N–H and O–H groups in total. The fourth-order valence-electron chi connectivity index (χ4n) is 3.19. The predicted octanol–water partition coefficient (Wildman–Crippen LogP) is 2.42. The van der Waals surface area contributed by atoms with Crippen molar-refractivity contribution in [3.63, 3.8) is 0 Å². The summed E-state index contributed by atoms with van der Waals surface area (Å²) in [7, 11) is -3.87. The van der Waals surface area contributed by atoms with E-state index in [9.17, 15) is 12.8 Å². The van der Waals surface area contributed by atoms with Crippen molar-refractivity contribution in [2.24, 2.45) is 11.8 Å². The first-order valence-corrected chi connectivity index (χ1v) is 8.71. The summed E-state index contributed by atoms with van der Waals surface area (Å²) in [5, 5.41) is 8.94. The molecule has 1 fully saturated rings. The standard InChI is InChI=1S/C15H22FNO3S/c1-10-5-11(2)7-13(6-10)17-21(19,20)15-4-3-12(9-18)8-14(15)16/h3-4,8,10-11,13,17-18H,5-7,9H2,1-2H3. The molecular weight excluding hydrogens is 293 g/mol. The molecule has 0 bridgehead atoms. The number of halogens is 1. The van der Waals surface area contributed by atoms with Gasteiger partial charge in [0, 0.05) is 6.04 Å². The van der Waals surface area contributed by atoms with Gasteiger partial charge in [0.25, 0.3) is 0 Å². The molecule has 0 amide bonds. The van der Waals surface area contributed by atoms with Crippen molar-refractivity contribution in [2.75, 3.05) is 0 Å². The highest BCUT2D eigenvalue weighted by molar-refractivity contribution is 7.89. The van der Waals surface area contributed by atoms with E-state index in [0.717, 1.165) is 25.3 Å². The fourth-order valence-corrected chi connectivity index (χ4v) is 4.51. The van der Waals surface area contributed by atoms with Crippen LogP contribution in [0.5, 0.6) is 0 Å². The Bertz CT molecular complexity index is 593. The third-order valence-corrected chi connectivity index (χ3v) is 5.52. The summed E-state index contributed by atoms with van der Waals surface area (Å²) in [4.78, 5) is -0.356. The van der Waals surface area contributed by atoms with Crippen LogP contribution in [0.2, 0.25) is 0 Å². The van der Waals surface area contributed by atoms with E-state index in [1.807, 2.05) is 0 Å². The van der Waals surface area contributed by atoms with Gasteiger partial charge in [0.2, 0.25) is 10.0 Å². The van der Waals surface area contributed by atoms with Crippen LogP contribution in [0.1, 0.15) is 38.7 Å². The number of sulfonamides is 1. The van der Waals surface area contributed by atoms with Crippen LogP contribution < -0.4 is 4.72 Å². The van der Waals surface area contributed by atoms with Gasteiger partial charge in [-0.25, -0.2) is 17.5 Å². The monoisotopic (exact) mass is 315 g/mol. The fraction of sp³-hybridized carbons (Fsp3) is 0.600. The van der Waals surface area contributed by atoms with Gasteiger partial charge in [0.15, 0.2) is 0 Å². The predicted molar refractivity (Wildman–Crippen MR) is 78.6 cm³/mol. The molecule has 1 aromatic rings. The third-order valence-electron chi connectivity index (χ3n) is 3.97. The van der Waals surface area contributed by atoms with Gasteiger partial charge in [-0.1, -0.05) is 19.9 Å². The van der Waals surface area contributed by atoms with Crippen molar-refractivity contribution in [1.29, 1.82) is 0 Å². The molecule has 1 aliphatic carbocycles. The number of benzene rings is 1.